The number of benzene rings is 1. The Bertz CT molecular complexity index is 487. The van der Waals surface area contributed by atoms with Crippen molar-refractivity contribution in [2.75, 3.05) is 33.2 Å². The van der Waals surface area contributed by atoms with Crippen LogP contribution < -0.4 is 10.6 Å². The summed E-state index contributed by atoms with van der Waals surface area (Å²) in [6.07, 6.45) is 4.94. The molecule has 1 aromatic rings. The minimum Gasteiger partial charge on any atom is -0.356 e. The highest BCUT2D eigenvalue weighted by Gasteiger charge is 2.16. The summed E-state index contributed by atoms with van der Waals surface area (Å²) < 4.78 is 0. The topological polar surface area (TPSA) is 39.7 Å². The average molecular weight is 331 g/mol. The van der Waals surface area contributed by atoms with Gasteiger partial charge in [-0.1, -0.05) is 43.2 Å². The summed E-state index contributed by atoms with van der Waals surface area (Å²) in [5.41, 5.74) is 2.56. The molecule has 1 aliphatic rings. The Morgan fingerprint density at radius 3 is 2.54 bits per heavy atom. The van der Waals surface area contributed by atoms with Crippen LogP contribution in [-0.2, 0) is 6.54 Å². The van der Waals surface area contributed by atoms with Gasteiger partial charge in [-0.2, -0.15) is 0 Å². The predicted molar refractivity (Wildman–Crippen MR) is 103 cm³/mol. The zero-order chi connectivity index (χ0) is 17.2. The number of nitrogens with zero attached hydrogens (tertiary/aromatic N) is 2. The molecule has 134 valence electrons. The van der Waals surface area contributed by atoms with Gasteiger partial charge in [-0.15, -0.1) is 0 Å². The van der Waals surface area contributed by atoms with Gasteiger partial charge < -0.3 is 15.5 Å². The second-order valence-electron chi connectivity index (χ2n) is 7.06. The summed E-state index contributed by atoms with van der Waals surface area (Å²) in [7, 11) is 2.21. The highest BCUT2D eigenvalue weighted by atomic mass is 15.2. The molecule has 2 N–H and O–H groups in total. The molecule has 0 unspecified atom stereocenters. The maximum atomic E-state index is 4.78. The van der Waals surface area contributed by atoms with Crippen molar-refractivity contribution >= 4 is 5.96 Å². The van der Waals surface area contributed by atoms with Crippen LogP contribution in [0, 0.1) is 12.8 Å². The summed E-state index contributed by atoms with van der Waals surface area (Å²) in [6, 6.07) is 8.64. The van der Waals surface area contributed by atoms with Gasteiger partial charge in [0.05, 0.1) is 6.54 Å². The van der Waals surface area contributed by atoms with Crippen molar-refractivity contribution in [3.63, 3.8) is 0 Å². The summed E-state index contributed by atoms with van der Waals surface area (Å²) >= 11 is 0. The minimum absolute atomic E-state index is 0.731. The Morgan fingerprint density at radius 1 is 1.17 bits per heavy atom. The number of guanidine groups is 1. The maximum Gasteiger partial charge on any atom is 0.191 e. The molecule has 1 aliphatic heterocycles. The Kier molecular flexibility index (Phi) is 8.10. The molecule has 0 spiro atoms. The third-order valence-electron chi connectivity index (χ3n) is 4.76. The lowest BCUT2D eigenvalue weighted by molar-refractivity contribution is 0.220. The molecule has 0 atom stereocenters. The second kappa shape index (κ2) is 10.3. The SMILES string of the molecule is CCCCNC(=NCc1ccc(C)cc1)NCC1CCN(C)CC1. The molecule has 1 saturated heterocycles. The molecule has 4 nitrogen and oxygen atoms in total. The van der Waals surface area contributed by atoms with Crippen LogP contribution in [0.15, 0.2) is 29.3 Å². The largest absolute Gasteiger partial charge is 0.356 e. The second-order valence-corrected chi connectivity index (χ2v) is 7.06. The fourth-order valence-corrected chi connectivity index (χ4v) is 2.93. The van der Waals surface area contributed by atoms with Crippen LogP contribution >= 0.6 is 0 Å². The van der Waals surface area contributed by atoms with Crippen LogP contribution in [-0.4, -0.2) is 44.1 Å². The Hall–Kier alpha value is -1.55. The lowest BCUT2D eigenvalue weighted by Crippen LogP contribution is -2.42. The Morgan fingerprint density at radius 2 is 1.88 bits per heavy atom. The molecule has 1 heterocycles. The van der Waals surface area contributed by atoms with Crippen molar-refractivity contribution in [3.8, 4) is 0 Å². The van der Waals surface area contributed by atoms with Gasteiger partial charge in [-0.3, -0.25) is 0 Å². The standard InChI is InChI=1S/C20H34N4/c1-4-5-12-21-20(22-15-18-8-6-17(2)7-9-18)23-16-19-10-13-24(3)14-11-19/h6-9,19H,4-5,10-16H2,1-3H3,(H2,21,22,23). The highest BCUT2D eigenvalue weighted by molar-refractivity contribution is 5.79. The molecule has 0 radical (unpaired) electrons. The number of aryl methyl sites for hydroxylation is 1. The van der Waals surface area contributed by atoms with Crippen LogP contribution in [0.25, 0.3) is 0 Å². The van der Waals surface area contributed by atoms with Gasteiger partial charge in [0.2, 0.25) is 0 Å². The van der Waals surface area contributed by atoms with E-state index < -0.39 is 0 Å². The molecule has 0 saturated carbocycles. The van der Waals surface area contributed by atoms with Gasteiger partial charge in [-0.05, 0) is 57.8 Å². The first kappa shape index (κ1) is 18.8. The number of hydrogen-bond donors (Lipinski definition) is 2. The molecule has 0 aromatic heterocycles. The molecular formula is C20H34N4. The van der Waals surface area contributed by atoms with Crippen LogP contribution in [0.3, 0.4) is 0 Å². The summed E-state index contributed by atoms with van der Waals surface area (Å²) in [6.45, 7) is 9.51. The number of hydrogen-bond acceptors (Lipinski definition) is 2. The zero-order valence-electron chi connectivity index (χ0n) is 15.6. The van der Waals surface area contributed by atoms with E-state index in [-0.39, 0.29) is 0 Å². The summed E-state index contributed by atoms with van der Waals surface area (Å²) in [5, 5.41) is 7.04. The van der Waals surface area contributed by atoms with E-state index >= 15 is 0 Å². The predicted octanol–water partition coefficient (Wildman–Crippen LogP) is 3.17. The van der Waals surface area contributed by atoms with E-state index in [9.17, 15) is 0 Å². The van der Waals surface area contributed by atoms with Crippen LogP contribution in [0.5, 0.6) is 0 Å². The monoisotopic (exact) mass is 330 g/mol. The van der Waals surface area contributed by atoms with Crippen molar-refractivity contribution in [2.45, 2.75) is 46.1 Å². The zero-order valence-corrected chi connectivity index (χ0v) is 15.6. The number of likely N-dealkylation sites (tertiary alicyclic amines) is 1. The van der Waals surface area contributed by atoms with E-state index in [2.05, 4.69) is 60.7 Å². The number of nitrogens with one attached hydrogen (secondary N) is 2. The van der Waals surface area contributed by atoms with Gasteiger partial charge >= 0.3 is 0 Å². The minimum atomic E-state index is 0.731. The van der Waals surface area contributed by atoms with E-state index in [1.54, 1.807) is 0 Å². The van der Waals surface area contributed by atoms with Gasteiger partial charge in [0.25, 0.3) is 0 Å². The third-order valence-corrected chi connectivity index (χ3v) is 4.76. The first-order valence-corrected chi connectivity index (χ1v) is 9.43. The van der Waals surface area contributed by atoms with Crippen molar-refractivity contribution < 1.29 is 0 Å². The van der Waals surface area contributed by atoms with Gasteiger partial charge in [-0.25, -0.2) is 4.99 Å². The van der Waals surface area contributed by atoms with Crippen molar-refractivity contribution in [1.29, 1.82) is 0 Å². The fourth-order valence-electron chi connectivity index (χ4n) is 2.93. The van der Waals surface area contributed by atoms with Crippen LogP contribution in [0.4, 0.5) is 0 Å². The van der Waals surface area contributed by atoms with E-state index in [1.807, 2.05) is 0 Å². The molecule has 2 rings (SSSR count). The lowest BCUT2D eigenvalue weighted by Gasteiger charge is -2.29. The van der Waals surface area contributed by atoms with Crippen LogP contribution in [0.2, 0.25) is 0 Å². The number of piperidine rings is 1. The number of rotatable bonds is 7. The van der Waals surface area contributed by atoms with E-state index in [0.29, 0.717) is 0 Å². The lowest BCUT2D eigenvalue weighted by atomic mass is 9.97. The smallest absolute Gasteiger partial charge is 0.191 e. The van der Waals surface area contributed by atoms with Gasteiger partial charge in [0.15, 0.2) is 5.96 Å². The summed E-state index contributed by atoms with van der Waals surface area (Å²) in [5.74, 6) is 1.72. The molecule has 0 aliphatic carbocycles. The first-order valence-electron chi connectivity index (χ1n) is 9.43. The first-order chi connectivity index (χ1) is 11.7. The molecule has 1 aromatic carbocycles. The summed E-state index contributed by atoms with van der Waals surface area (Å²) in [4.78, 5) is 7.20. The molecule has 0 amide bonds. The Labute approximate surface area is 147 Å². The highest BCUT2D eigenvalue weighted by Crippen LogP contribution is 2.14. The quantitative estimate of drug-likeness (QED) is 0.458. The van der Waals surface area contributed by atoms with E-state index in [4.69, 9.17) is 4.99 Å². The average Bonchev–Trinajstić information content (AvgIpc) is 2.60. The molecule has 24 heavy (non-hydrogen) atoms. The molecule has 1 fully saturated rings. The van der Waals surface area contributed by atoms with Gasteiger partial charge in [0.1, 0.15) is 0 Å². The van der Waals surface area contributed by atoms with E-state index in [1.165, 1.54) is 49.9 Å². The molecular weight excluding hydrogens is 296 g/mol. The van der Waals surface area contributed by atoms with Crippen molar-refractivity contribution in [1.82, 2.24) is 15.5 Å². The van der Waals surface area contributed by atoms with Crippen LogP contribution in [0.1, 0.15) is 43.7 Å². The Balaban J connectivity index is 1.85. The normalized spacial score (nSPS) is 17.0. The van der Waals surface area contributed by atoms with Gasteiger partial charge in [0, 0.05) is 13.1 Å². The van der Waals surface area contributed by atoms with Crippen molar-refractivity contribution in [2.24, 2.45) is 10.9 Å². The maximum absolute atomic E-state index is 4.78. The third kappa shape index (κ3) is 6.91. The number of aliphatic imine (C=N–C) groups is 1. The number of unbranched alkanes of at least 4 members (excludes halogenated alkanes) is 1. The fraction of sp³-hybridized carbons (Fsp3) is 0.650. The van der Waals surface area contributed by atoms with Crippen molar-refractivity contribution in [3.05, 3.63) is 35.4 Å². The molecule has 4 heteroatoms. The van der Waals surface area contributed by atoms with E-state index in [0.717, 1.165) is 31.5 Å². The molecule has 0 bridgehead atoms.